The molecular formula is C36H47N. The van der Waals surface area contributed by atoms with Crippen LogP contribution in [0.3, 0.4) is 0 Å². The van der Waals surface area contributed by atoms with E-state index in [1.807, 2.05) is 0 Å². The Hall–Kier alpha value is -2.41. The van der Waals surface area contributed by atoms with Gasteiger partial charge < -0.3 is 0 Å². The minimum absolute atomic E-state index is 0.321. The van der Waals surface area contributed by atoms with Gasteiger partial charge in [0, 0.05) is 17.3 Å². The van der Waals surface area contributed by atoms with E-state index >= 15 is 0 Å². The van der Waals surface area contributed by atoms with Crippen LogP contribution in [-0.4, -0.2) is 4.98 Å². The molecule has 1 heterocycles. The third-order valence-electron chi connectivity index (χ3n) is 9.48. The molecule has 2 aliphatic carbocycles. The summed E-state index contributed by atoms with van der Waals surface area (Å²) in [4.78, 5) is 5.62. The number of unbranched alkanes of at least 4 members (excludes halogenated alkanes) is 3. The summed E-state index contributed by atoms with van der Waals surface area (Å²) >= 11 is 0. The topological polar surface area (TPSA) is 12.9 Å². The van der Waals surface area contributed by atoms with E-state index in [-0.39, 0.29) is 0 Å². The maximum absolute atomic E-state index is 5.62. The number of benzene rings is 2. The molecule has 2 aliphatic rings. The molecule has 3 aromatic rings. The smallest absolute Gasteiger partial charge is 0.0453 e. The van der Waals surface area contributed by atoms with Crippen LogP contribution in [0.15, 0.2) is 54.6 Å². The highest BCUT2D eigenvalue weighted by Crippen LogP contribution is 2.56. The molecule has 5 rings (SSSR count). The van der Waals surface area contributed by atoms with E-state index < -0.39 is 0 Å². The number of nitrogens with zero attached hydrogens (tertiary/aromatic N) is 1. The minimum Gasteiger partial charge on any atom is -0.257 e. The molecule has 1 nitrogen and oxygen atoms in total. The number of hydrogen-bond acceptors (Lipinski definition) is 1. The van der Waals surface area contributed by atoms with Gasteiger partial charge in [-0.25, -0.2) is 0 Å². The molecule has 1 heteroatoms. The monoisotopic (exact) mass is 493 g/mol. The zero-order valence-electron chi connectivity index (χ0n) is 23.9. The molecule has 1 fully saturated rings. The van der Waals surface area contributed by atoms with Gasteiger partial charge in [0.15, 0.2) is 0 Å². The summed E-state index contributed by atoms with van der Waals surface area (Å²) < 4.78 is 0. The van der Waals surface area contributed by atoms with Crippen LogP contribution in [0.5, 0.6) is 0 Å². The summed E-state index contributed by atoms with van der Waals surface area (Å²) in [6.07, 6.45) is 12.9. The lowest BCUT2D eigenvalue weighted by Crippen LogP contribution is -2.38. The average Bonchev–Trinajstić information content (AvgIpc) is 2.89. The van der Waals surface area contributed by atoms with Crippen molar-refractivity contribution in [3.8, 4) is 11.1 Å². The molecule has 0 radical (unpaired) electrons. The zero-order chi connectivity index (χ0) is 26.0. The highest BCUT2D eigenvalue weighted by molar-refractivity contribution is 5.75. The van der Waals surface area contributed by atoms with Gasteiger partial charge in [0.2, 0.25) is 0 Å². The molecule has 196 valence electrons. The molecule has 37 heavy (non-hydrogen) atoms. The molecule has 0 saturated heterocycles. The van der Waals surface area contributed by atoms with Crippen LogP contribution in [0.25, 0.3) is 11.1 Å². The second kappa shape index (κ2) is 11.1. The number of aryl methyl sites for hydroxylation is 1. The van der Waals surface area contributed by atoms with Gasteiger partial charge in [-0.1, -0.05) is 115 Å². The van der Waals surface area contributed by atoms with Crippen LogP contribution >= 0.6 is 0 Å². The highest BCUT2D eigenvalue weighted by atomic mass is 14.8. The van der Waals surface area contributed by atoms with Gasteiger partial charge in [0.1, 0.15) is 0 Å². The standard InChI is InChI=1S/C36H47N/c1-6-7-8-12-16-31-34(27(5)29-19-17-28(18-20-29)25(2)3)35(30-14-10-9-11-15-30)33-26(4)23-36(21-13-22-36)24-32(33)37-31/h9-11,14-15,17-20,25-27H,6-8,12-13,16,21-24H2,1-5H3. The van der Waals surface area contributed by atoms with E-state index in [2.05, 4.69) is 89.2 Å². The first kappa shape index (κ1) is 26.2. The number of hydrogen-bond donors (Lipinski definition) is 0. The van der Waals surface area contributed by atoms with Gasteiger partial charge in [0.25, 0.3) is 0 Å². The van der Waals surface area contributed by atoms with Gasteiger partial charge in [0.05, 0.1) is 0 Å². The predicted octanol–water partition coefficient (Wildman–Crippen LogP) is 10.4. The van der Waals surface area contributed by atoms with Crippen molar-refractivity contribution in [1.82, 2.24) is 4.98 Å². The first-order valence-corrected chi connectivity index (χ1v) is 15.1. The van der Waals surface area contributed by atoms with Gasteiger partial charge in [-0.2, -0.15) is 0 Å². The summed E-state index contributed by atoms with van der Waals surface area (Å²) in [5, 5.41) is 0. The molecular weight excluding hydrogens is 446 g/mol. The normalized spacial score (nSPS) is 19.0. The summed E-state index contributed by atoms with van der Waals surface area (Å²) in [5.74, 6) is 1.45. The number of aromatic nitrogens is 1. The largest absolute Gasteiger partial charge is 0.257 e. The lowest BCUT2D eigenvalue weighted by Gasteiger charge is -2.48. The van der Waals surface area contributed by atoms with Gasteiger partial charge >= 0.3 is 0 Å². The zero-order valence-corrected chi connectivity index (χ0v) is 23.9. The second-order valence-corrected chi connectivity index (χ2v) is 12.6. The van der Waals surface area contributed by atoms with Crippen molar-refractivity contribution in [2.24, 2.45) is 5.41 Å². The van der Waals surface area contributed by atoms with Crippen molar-refractivity contribution in [3.63, 3.8) is 0 Å². The molecule has 0 amide bonds. The van der Waals surface area contributed by atoms with Crippen LogP contribution in [0.1, 0.15) is 137 Å². The Balaban J connectivity index is 1.68. The van der Waals surface area contributed by atoms with Crippen LogP contribution in [0.2, 0.25) is 0 Å². The Kier molecular flexibility index (Phi) is 7.89. The van der Waals surface area contributed by atoms with Crippen molar-refractivity contribution < 1.29 is 0 Å². The average molecular weight is 494 g/mol. The molecule has 2 unspecified atom stereocenters. The van der Waals surface area contributed by atoms with Crippen LogP contribution in [0, 0.1) is 5.41 Å². The van der Waals surface area contributed by atoms with Gasteiger partial charge in [-0.05, 0) is 89.2 Å². The van der Waals surface area contributed by atoms with Crippen molar-refractivity contribution in [1.29, 1.82) is 0 Å². The molecule has 0 aliphatic heterocycles. The van der Waals surface area contributed by atoms with Crippen molar-refractivity contribution in [3.05, 3.63) is 88.2 Å². The number of rotatable bonds is 9. The van der Waals surface area contributed by atoms with Crippen molar-refractivity contribution in [2.75, 3.05) is 0 Å². The molecule has 1 aromatic heterocycles. The fraction of sp³-hybridized carbons (Fsp3) is 0.528. The molecule has 0 N–H and O–H groups in total. The quantitative estimate of drug-likeness (QED) is 0.270. The number of fused-ring (bicyclic) bond motifs is 1. The SMILES string of the molecule is CCCCCCc1nc2c(c(-c3ccccc3)c1C(C)c1ccc(C(C)C)cc1)C(C)CC1(CCC1)C2. The Morgan fingerprint density at radius 3 is 2.22 bits per heavy atom. The summed E-state index contributed by atoms with van der Waals surface area (Å²) in [7, 11) is 0. The molecule has 2 aromatic carbocycles. The lowest BCUT2D eigenvalue weighted by atomic mass is 9.57. The molecule has 2 atom stereocenters. The summed E-state index contributed by atoms with van der Waals surface area (Å²) in [6, 6.07) is 20.7. The van der Waals surface area contributed by atoms with Gasteiger partial charge in [-0.3, -0.25) is 4.98 Å². The molecule has 1 spiro atoms. The Labute approximate surface area is 226 Å². The molecule has 1 saturated carbocycles. The predicted molar refractivity (Wildman–Crippen MR) is 159 cm³/mol. The van der Waals surface area contributed by atoms with Crippen molar-refractivity contribution >= 4 is 0 Å². The van der Waals surface area contributed by atoms with Crippen molar-refractivity contribution in [2.45, 2.75) is 117 Å². The van der Waals surface area contributed by atoms with E-state index in [4.69, 9.17) is 4.98 Å². The Morgan fingerprint density at radius 2 is 1.59 bits per heavy atom. The second-order valence-electron chi connectivity index (χ2n) is 12.6. The van der Waals surface area contributed by atoms with E-state index in [1.54, 1.807) is 5.56 Å². The van der Waals surface area contributed by atoms with E-state index in [0.717, 1.165) is 6.42 Å². The maximum Gasteiger partial charge on any atom is 0.0453 e. The first-order valence-electron chi connectivity index (χ1n) is 15.1. The van der Waals surface area contributed by atoms with E-state index in [0.29, 0.717) is 23.2 Å². The van der Waals surface area contributed by atoms with E-state index in [1.165, 1.54) is 97.0 Å². The third kappa shape index (κ3) is 5.29. The first-order chi connectivity index (χ1) is 17.9. The van der Waals surface area contributed by atoms with Crippen LogP contribution in [-0.2, 0) is 12.8 Å². The fourth-order valence-corrected chi connectivity index (χ4v) is 7.25. The highest BCUT2D eigenvalue weighted by Gasteiger charge is 2.44. The lowest BCUT2D eigenvalue weighted by molar-refractivity contribution is 0.0982. The minimum atomic E-state index is 0.321. The molecule has 0 bridgehead atoms. The Morgan fingerprint density at radius 1 is 0.892 bits per heavy atom. The number of pyridine rings is 1. The Bertz CT molecular complexity index is 1180. The summed E-state index contributed by atoms with van der Waals surface area (Å²) in [6.45, 7) is 11.8. The van der Waals surface area contributed by atoms with Crippen LogP contribution in [0.4, 0.5) is 0 Å². The van der Waals surface area contributed by atoms with E-state index in [9.17, 15) is 0 Å². The third-order valence-corrected chi connectivity index (χ3v) is 9.48. The maximum atomic E-state index is 5.62. The fourth-order valence-electron chi connectivity index (χ4n) is 7.25. The summed E-state index contributed by atoms with van der Waals surface area (Å²) in [5.41, 5.74) is 12.1. The van der Waals surface area contributed by atoms with Gasteiger partial charge in [-0.15, -0.1) is 0 Å². The van der Waals surface area contributed by atoms with Crippen LogP contribution < -0.4 is 0 Å².